The molecule has 1 aromatic rings. The van der Waals surface area contributed by atoms with E-state index in [4.69, 9.17) is 16.0 Å². The molecule has 6 nitrogen and oxygen atoms in total. The Labute approximate surface area is 92.3 Å². The lowest BCUT2D eigenvalue weighted by molar-refractivity contribution is 0.104. The summed E-state index contributed by atoms with van der Waals surface area (Å²) >= 11 is 0. The van der Waals surface area contributed by atoms with Gasteiger partial charge in [-0.15, -0.1) is 0 Å². The Morgan fingerprint density at radius 1 is 1.38 bits per heavy atom. The van der Waals surface area contributed by atoms with Crippen molar-refractivity contribution in [3.05, 3.63) is 36.0 Å². The van der Waals surface area contributed by atoms with Gasteiger partial charge in [-0.2, -0.15) is 8.42 Å². The molecule has 16 heavy (non-hydrogen) atoms. The van der Waals surface area contributed by atoms with Gasteiger partial charge in [-0.25, -0.2) is 0 Å². The summed E-state index contributed by atoms with van der Waals surface area (Å²) in [6, 6.07) is 3.32. The first kappa shape index (κ1) is 12.2. The maximum atomic E-state index is 11.4. The zero-order chi connectivity index (χ0) is 12.3. The topological polar surface area (TPSA) is 123 Å². The van der Waals surface area contributed by atoms with Crippen LogP contribution >= 0.6 is 0 Å². The second kappa shape index (κ2) is 4.33. The molecule has 0 saturated heterocycles. The first-order valence-corrected chi connectivity index (χ1v) is 5.60. The van der Waals surface area contributed by atoms with Gasteiger partial charge in [0.25, 0.3) is 10.1 Å². The third-order valence-corrected chi connectivity index (χ3v) is 2.69. The molecule has 0 aliphatic carbocycles. The zero-order valence-corrected chi connectivity index (χ0v) is 8.94. The summed E-state index contributed by atoms with van der Waals surface area (Å²) in [5.41, 5.74) is 10.6. The molecule has 5 N–H and O–H groups in total. The number of carbonyl (C=O) groups excluding carboxylic acids is 1. The molecule has 1 aromatic carbocycles. The smallest absolute Gasteiger partial charge is 0.294 e. The van der Waals surface area contributed by atoms with Crippen LogP contribution in [0, 0.1) is 0 Å². The quantitative estimate of drug-likeness (QED) is 0.300. The van der Waals surface area contributed by atoms with E-state index in [9.17, 15) is 13.2 Å². The molecule has 0 fully saturated rings. The van der Waals surface area contributed by atoms with E-state index in [1.807, 2.05) is 0 Å². The van der Waals surface area contributed by atoms with E-state index in [0.29, 0.717) is 0 Å². The number of anilines is 1. The molecule has 7 heteroatoms. The standard InChI is InChI=1S/C9H10N2O4S/c10-4-3-9(12)7-5-6(16(13,14)15)1-2-8(7)11/h1-5H,10-11H2,(H,13,14,15). The lowest BCUT2D eigenvalue weighted by Gasteiger charge is -2.03. The van der Waals surface area contributed by atoms with Crippen LogP contribution in [0.15, 0.2) is 35.4 Å². The van der Waals surface area contributed by atoms with Gasteiger partial charge in [0, 0.05) is 17.3 Å². The van der Waals surface area contributed by atoms with Crippen LogP contribution in [0.25, 0.3) is 0 Å². The molecule has 0 spiro atoms. The molecule has 0 saturated carbocycles. The van der Waals surface area contributed by atoms with Gasteiger partial charge in [0.1, 0.15) is 0 Å². The summed E-state index contributed by atoms with van der Waals surface area (Å²) in [5.74, 6) is -0.537. The number of nitrogen functional groups attached to an aromatic ring is 1. The molecule has 0 aliphatic rings. The minimum absolute atomic E-state index is 0.0307. The third-order valence-electron chi connectivity index (χ3n) is 1.84. The van der Waals surface area contributed by atoms with Crippen molar-refractivity contribution in [2.24, 2.45) is 5.73 Å². The summed E-state index contributed by atoms with van der Waals surface area (Å²) in [6.45, 7) is 0. The highest BCUT2D eigenvalue weighted by atomic mass is 32.2. The summed E-state index contributed by atoms with van der Waals surface area (Å²) in [5, 5.41) is 0. The predicted molar refractivity (Wildman–Crippen MR) is 58.3 cm³/mol. The van der Waals surface area contributed by atoms with Gasteiger partial charge in [-0.05, 0) is 24.4 Å². The summed E-state index contributed by atoms with van der Waals surface area (Å²) in [7, 11) is -4.35. The summed E-state index contributed by atoms with van der Waals surface area (Å²) in [4.78, 5) is 11.0. The molecular formula is C9H10N2O4S. The van der Waals surface area contributed by atoms with Crippen LogP contribution in [-0.4, -0.2) is 18.8 Å². The maximum Gasteiger partial charge on any atom is 0.294 e. The van der Waals surface area contributed by atoms with Gasteiger partial charge in [0.05, 0.1) is 4.90 Å². The van der Waals surface area contributed by atoms with Crippen molar-refractivity contribution < 1.29 is 17.8 Å². The van der Waals surface area contributed by atoms with Gasteiger partial charge in [0.15, 0.2) is 5.78 Å². The Morgan fingerprint density at radius 3 is 2.50 bits per heavy atom. The number of carbonyl (C=O) groups is 1. The number of hydrogen-bond acceptors (Lipinski definition) is 5. The molecular weight excluding hydrogens is 232 g/mol. The van der Waals surface area contributed by atoms with Crippen molar-refractivity contribution in [2.45, 2.75) is 4.90 Å². The Balaban J connectivity index is 3.35. The number of hydrogen-bond donors (Lipinski definition) is 3. The Hall–Kier alpha value is -1.86. The van der Waals surface area contributed by atoms with E-state index < -0.39 is 20.8 Å². The van der Waals surface area contributed by atoms with Crippen molar-refractivity contribution in [1.82, 2.24) is 0 Å². The number of allylic oxidation sites excluding steroid dienone is 1. The lowest BCUT2D eigenvalue weighted by Crippen LogP contribution is -2.05. The van der Waals surface area contributed by atoms with Crippen LogP contribution in [0.4, 0.5) is 5.69 Å². The van der Waals surface area contributed by atoms with Gasteiger partial charge in [-0.1, -0.05) is 0 Å². The maximum absolute atomic E-state index is 11.4. The summed E-state index contributed by atoms with van der Waals surface area (Å²) < 4.78 is 30.5. The van der Waals surface area contributed by atoms with Crippen LogP contribution in [0.2, 0.25) is 0 Å². The van der Waals surface area contributed by atoms with Gasteiger partial charge < -0.3 is 11.5 Å². The van der Waals surface area contributed by atoms with Gasteiger partial charge >= 0.3 is 0 Å². The Kier molecular flexibility index (Phi) is 3.31. The number of rotatable bonds is 3. The highest BCUT2D eigenvalue weighted by Crippen LogP contribution is 2.18. The minimum atomic E-state index is -4.35. The molecule has 0 bridgehead atoms. The van der Waals surface area contributed by atoms with E-state index in [0.717, 1.165) is 24.4 Å². The monoisotopic (exact) mass is 242 g/mol. The zero-order valence-electron chi connectivity index (χ0n) is 8.12. The second-order valence-electron chi connectivity index (χ2n) is 2.95. The Bertz CT molecular complexity index is 549. The van der Waals surface area contributed by atoms with Crippen LogP contribution in [-0.2, 0) is 10.1 Å². The summed E-state index contributed by atoms with van der Waals surface area (Å²) in [6.07, 6.45) is 2.06. The van der Waals surface area contributed by atoms with Gasteiger partial charge in [0.2, 0.25) is 0 Å². The van der Waals surface area contributed by atoms with E-state index in [-0.39, 0.29) is 11.3 Å². The molecule has 0 heterocycles. The predicted octanol–water partition coefficient (Wildman–Crippen LogP) is 0.171. The van der Waals surface area contributed by atoms with Crippen molar-refractivity contribution in [3.8, 4) is 0 Å². The van der Waals surface area contributed by atoms with E-state index in [1.165, 1.54) is 6.07 Å². The van der Waals surface area contributed by atoms with E-state index >= 15 is 0 Å². The molecule has 0 radical (unpaired) electrons. The number of benzene rings is 1. The Morgan fingerprint density at radius 2 is 2.00 bits per heavy atom. The first-order valence-electron chi connectivity index (χ1n) is 4.16. The highest BCUT2D eigenvalue weighted by molar-refractivity contribution is 7.85. The van der Waals surface area contributed by atoms with E-state index in [2.05, 4.69) is 0 Å². The molecule has 0 atom stereocenters. The lowest BCUT2D eigenvalue weighted by atomic mass is 10.1. The fourth-order valence-corrected chi connectivity index (χ4v) is 1.59. The van der Waals surface area contributed by atoms with E-state index in [1.54, 1.807) is 0 Å². The van der Waals surface area contributed by atoms with Crippen LogP contribution in [0.1, 0.15) is 10.4 Å². The highest BCUT2D eigenvalue weighted by Gasteiger charge is 2.14. The second-order valence-corrected chi connectivity index (χ2v) is 4.37. The SMILES string of the molecule is NC=CC(=O)c1cc(S(=O)(=O)O)ccc1N. The molecule has 0 aromatic heterocycles. The molecule has 1 rings (SSSR count). The molecule has 0 aliphatic heterocycles. The minimum Gasteiger partial charge on any atom is -0.404 e. The van der Waals surface area contributed by atoms with Crippen molar-refractivity contribution in [3.63, 3.8) is 0 Å². The molecule has 0 amide bonds. The number of nitrogens with two attached hydrogens (primary N) is 2. The van der Waals surface area contributed by atoms with Crippen LogP contribution in [0.5, 0.6) is 0 Å². The van der Waals surface area contributed by atoms with Crippen LogP contribution < -0.4 is 11.5 Å². The largest absolute Gasteiger partial charge is 0.404 e. The number of ketones is 1. The average Bonchev–Trinajstić information content (AvgIpc) is 2.16. The van der Waals surface area contributed by atoms with Crippen LogP contribution in [0.3, 0.4) is 0 Å². The normalized spacial score (nSPS) is 11.8. The van der Waals surface area contributed by atoms with Crippen molar-refractivity contribution in [1.29, 1.82) is 0 Å². The third kappa shape index (κ3) is 2.59. The fourth-order valence-electron chi connectivity index (χ4n) is 1.09. The first-order chi connectivity index (χ1) is 7.36. The average molecular weight is 242 g/mol. The van der Waals surface area contributed by atoms with Crippen molar-refractivity contribution >= 4 is 21.6 Å². The molecule has 86 valence electrons. The fraction of sp³-hybridized carbons (Fsp3) is 0. The van der Waals surface area contributed by atoms with Gasteiger partial charge in [-0.3, -0.25) is 9.35 Å². The van der Waals surface area contributed by atoms with Crippen molar-refractivity contribution in [2.75, 3.05) is 5.73 Å². The molecule has 0 unspecified atom stereocenters.